The van der Waals surface area contributed by atoms with E-state index in [2.05, 4.69) is 16.6 Å². The van der Waals surface area contributed by atoms with Crippen LogP contribution in [0.4, 0.5) is 0 Å². The van der Waals surface area contributed by atoms with E-state index in [0.29, 0.717) is 6.42 Å². The molecule has 0 heterocycles. The molecule has 0 aromatic heterocycles. The average molecular weight is 235 g/mol. The Morgan fingerprint density at radius 3 is 2.25 bits per heavy atom. The van der Waals surface area contributed by atoms with Crippen molar-refractivity contribution in [1.82, 2.24) is 0 Å². The molecule has 1 unspecified atom stereocenters. The number of hydrogen-bond donors (Lipinski definition) is 0. The molecule has 0 bridgehead atoms. The van der Waals surface area contributed by atoms with Gasteiger partial charge in [-0.25, -0.2) is 0 Å². The van der Waals surface area contributed by atoms with Gasteiger partial charge in [-0.05, 0) is 18.3 Å². The lowest BCUT2D eigenvalue weighted by Crippen LogP contribution is -2.30. The van der Waals surface area contributed by atoms with E-state index in [1.165, 1.54) is 0 Å². The average Bonchev–Trinajstić information content (AvgIpc) is 2.13. The standard InChI is InChI=1S/C8H15N2O6/c1-4-8(2,3)5-7(16-10(13)14)6-15-9(11)12/h7H,1,4-6H2,2-3H3. The minimum atomic E-state index is -1.01. The van der Waals surface area contributed by atoms with E-state index in [0.717, 1.165) is 0 Å². The smallest absolute Gasteiger partial charge is 0.294 e. The fourth-order valence-electron chi connectivity index (χ4n) is 1.11. The maximum absolute atomic E-state index is 10.2. The molecule has 0 aliphatic rings. The third kappa shape index (κ3) is 6.80. The lowest BCUT2D eigenvalue weighted by atomic mass is 9.84. The molecular formula is C8H15N2O6. The van der Waals surface area contributed by atoms with Gasteiger partial charge in [-0.3, -0.25) is 0 Å². The molecule has 0 N–H and O–H groups in total. The lowest BCUT2D eigenvalue weighted by Gasteiger charge is -2.26. The first kappa shape index (κ1) is 14.4. The van der Waals surface area contributed by atoms with Crippen LogP contribution < -0.4 is 0 Å². The molecule has 16 heavy (non-hydrogen) atoms. The summed E-state index contributed by atoms with van der Waals surface area (Å²) in [5.41, 5.74) is -0.305. The monoisotopic (exact) mass is 235 g/mol. The van der Waals surface area contributed by atoms with Crippen LogP contribution in [-0.4, -0.2) is 22.9 Å². The Morgan fingerprint density at radius 2 is 1.88 bits per heavy atom. The normalized spacial score (nSPS) is 12.9. The first-order valence-electron chi connectivity index (χ1n) is 4.64. The highest BCUT2D eigenvalue weighted by Crippen LogP contribution is 2.27. The van der Waals surface area contributed by atoms with Gasteiger partial charge in [-0.2, -0.15) is 0 Å². The summed E-state index contributed by atoms with van der Waals surface area (Å²) in [5.74, 6) is 0. The zero-order chi connectivity index (χ0) is 12.8. The zero-order valence-electron chi connectivity index (χ0n) is 9.25. The van der Waals surface area contributed by atoms with Crippen molar-refractivity contribution in [3.63, 3.8) is 0 Å². The molecule has 0 aliphatic heterocycles. The molecule has 0 amide bonds. The van der Waals surface area contributed by atoms with Gasteiger partial charge >= 0.3 is 0 Å². The predicted molar refractivity (Wildman–Crippen MR) is 53.2 cm³/mol. The van der Waals surface area contributed by atoms with Crippen molar-refractivity contribution >= 4 is 0 Å². The molecule has 0 rings (SSSR count). The second-order valence-corrected chi connectivity index (χ2v) is 4.09. The van der Waals surface area contributed by atoms with Gasteiger partial charge < -0.3 is 9.68 Å². The molecule has 8 heteroatoms. The van der Waals surface area contributed by atoms with E-state index < -0.39 is 22.9 Å². The Bertz CT molecular complexity index is 255. The largest absolute Gasteiger partial charge is 0.312 e. The molecule has 1 radical (unpaired) electrons. The van der Waals surface area contributed by atoms with Gasteiger partial charge in [0.25, 0.3) is 10.2 Å². The van der Waals surface area contributed by atoms with Crippen LogP contribution in [0.2, 0.25) is 0 Å². The van der Waals surface area contributed by atoms with Crippen molar-refractivity contribution in [2.75, 3.05) is 6.61 Å². The summed E-state index contributed by atoms with van der Waals surface area (Å²) in [6, 6.07) is 0. The molecule has 0 aromatic rings. The van der Waals surface area contributed by atoms with Gasteiger partial charge in [0, 0.05) is 0 Å². The quantitative estimate of drug-likeness (QED) is 0.465. The van der Waals surface area contributed by atoms with Gasteiger partial charge in [0.2, 0.25) is 0 Å². The maximum atomic E-state index is 10.2. The van der Waals surface area contributed by atoms with Gasteiger partial charge in [0.1, 0.15) is 12.7 Å². The first-order valence-corrected chi connectivity index (χ1v) is 4.64. The topological polar surface area (TPSA) is 105 Å². The summed E-state index contributed by atoms with van der Waals surface area (Å²) in [6.07, 6.45) is -0.175. The predicted octanol–water partition coefficient (Wildman–Crippen LogP) is 1.41. The van der Waals surface area contributed by atoms with Crippen LogP contribution >= 0.6 is 0 Å². The summed E-state index contributed by atoms with van der Waals surface area (Å²) >= 11 is 0. The van der Waals surface area contributed by atoms with Crippen molar-refractivity contribution in [3.8, 4) is 0 Å². The SMILES string of the molecule is [CH2]CC(C)(C)CC(CO[N+](=O)[O-])O[N+](=O)[O-]. The fraction of sp³-hybridized carbons (Fsp3) is 0.875. The summed E-state index contributed by atoms with van der Waals surface area (Å²) in [7, 11) is 0. The van der Waals surface area contributed by atoms with Gasteiger partial charge in [-0.15, -0.1) is 20.2 Å². The summed E-state index contributed by atoms with van der Waals surface area (Å²) in [5, 5.41) is 18.2. The van der Waals surface area contributed by atoms with Crippen LogP contribution in [0, 0.1) is 32.6 Å². The molecule has 8 nitrogen and oxygen atoms in total. The Morgan fingerprint density at radius 1 is 1.31 bits per heavy atom. The van der Waals surface area contributed by atoms with Crippen LogP contribution in [0.25, 0.3) is 0 Å². The number of hydrogen-bond acceptors (Lipinski definition) is 6. The van der Waals surface area contributed by atoms with Crippen LogP contribution in [0.15, 0.2) is 0 Å². The molecular weight excluding hydrogens is 220 g/mol. The van der Waals surface area contributed by atoms with Crippen molar-refractivity contribution in [1.29, 1.82) is 0 Å². The summed E-state index contributed by atoms with van der Waals surface area (Å²) in [4.78, 5) is 28.5. The van der Waals surface area contributed by atoms with Crippen molar-refractivity contribution in [2.24, 2.45) is 5.41 Å². The highest BCUT2D eigenvalue weighted by Gasteiger charge is 2.25. The van der Waals surface area contributed by atoms with E-state index in [9.17, 15) is 20.2 Å². The minimum Gasteiger partial charge on any atom is -0.312 e. The molecule has 0 saturated heterocycles. The highest BCUT2D eigenvalue weighted by atomic mass is 17.0. The molecule has 0 saturated carbocycles. The Balaban J connectivity index is 4.30. The van der Waals surface area contributed by atoms with Crippen LogP contribution in [0.5, 0.6) is 0 Å². The zero-order valence-corrected chi connectivity index (χ0v) is 9.25. The Kier molecular flexibility index (Phi) is 5.48. The molecule has 0 fully saturated rings. The Labute approximate surface area is 92.7 Å². The van der Waals surface area contributed by atoms with E-state index in [-0.39, 0.29) is 11.8 Å². The minimum absolute atomic E-state index is 0.255. The fourth-order valence-corrected chi connectivity index (χ4v) is 1.11. The van der Waals surface area contributed by atoms with E-state index in [1.54, 1.807) is 0 Å². The summed E-state index contributed by atoms with van der Waals surface area (Å²) < 4.78 is 0. The highest BCUT2D eigenvalue weighted by molar-refractivity contribution is 4.74. The molecule has 93 valence electrons. The maximum Gasteiger partial charge on any atom is 0.294 e. The second kappa shape index (κ2) is 6.09. The lowest BCUT2D eigenvalue weighted by molar-refractivity contribution is -0.790. The molecule has 0 spiro atoms. The van der Waals surface area contributed by atoms with Gasteiger partial charge in [0.15, 0.2) is 0 Å². The second-order valence-electron chi connectivity index (χ2n) is 4.09. The van der Waals surface area contributed by atoms with Crippen molar-refractivity contribution < 1.29 is 19.8 Å². The van der Waals surface area contributed by atoms with Crippen LogP contribution in [0.3, 0.4) is 0 Å². The van der Waals surface area contributed by atoms with Crippen LogP contribution in [0.1, 0.15) is 26.7 Å². The molecule has 0 aromatic carbocycles. The first-order chi connectivity index (χ1) is 7.26. The third-order valence-electron chi connectivity index (χ3n) is 2.06. The van der Waals surface area contributed by atoms with E-state index in [4.69, 9.17) is 0 Å². The van der Waals surface area contributed by atoms with Crippen molar-refractivity contribution in [2.45, 2.75) is 32.8 Å². The van der Waals surface area contributed by atoms with Gasteiger partial charge in [-0.1, -0.05) is 20.8 Å². The number of nitrogens with zero attached hydrogens (tertiary/aromatic N) is 2. The summed E-state index contributed by atoms with van der Waals surface area (Å²) in [6.45, 7) is 6.90. The molecule has 1 atom stereocenters. The Hall–Kier alpha value is -1.60. The third-order valence-corrected chi connectivity index (χ3v) is 2.06. The van der Waals surface area contributed by atoms with E-state index in [1.807, 2.05) is 13.8 Å². The van der Waals surface area contributed by atoms with E-state index >= 15 is 0 Å². The molecule has 0 aliphatic carbocycles. The van der Waals surface area contributed by atoms with Gasteiger partial charge in [0.05, 0.1) is 0 Å². The number of rotatable bonds is 8. The van der Waals surface area contributed by atoms with Crippen molar-refractivity contribution in [3.05, 3.63) is 27.2 Å². The van der Waals surface area contributed by atoms with Crippen LogP contribution in [-0.2, 0) is 9.68 Å².